The number of carbonyl (C=O) groups excluding carboxylic acids is 1. The van der Waals surface area contributed by atoms with Crippen LogP contribution in [-0.2, 0) is 4.79 Å². The number of benzene rings is 1. The zero-order valence-electron chi connectivity index (χ0n) is 11.2. The van der Waals surface area contributed by atoms with Gasteiger partial charge in [0, 0.05) is 29.4 Å². The molecule has 2 N–H and O–H groups in total. The second kappa shape index (κ2) is 7.57. The molecule has 0 radical (unpaired) electrons. The maximum atomic E-state index is 11.7. The van der Waals surface area contributed by atoms with Gasteiger partial charge in [-0.05, 0) is 24.3 Å². The minimum absolute atomic E-state index is 0.0924. The van der Waals surface area contributed by atoms with Gasteiger partial charge < -0.3 is 10.4 Å². The number of hydrogen-bond acceptors (Lipinski definition) is 3. The van der Waals surface area contributed by atoms with Crippen molar-refractivity contribution in [3.05, 3.63) is 71.0 Å². The number of aliphatic hydroxyl groups excluding tert-OH is 1. The zero-order valence-corrected chi connectivity index (χ0v) is 12.0. The Balaban J connectivity index is 1.87. The van der Waals surface area contributed by atoms with Crippen molar-refractivity contribution >= 4 is 23.6 Å². The van der Waals surface area contributed by atoms with Gasteiger partial charge in [0.25, 0.3) is 0 Å². The van der Waals surface area contributed by atoms with Crippen molar-refractivity contribution in [3.8, 4) is 0 Å². The molecule has 1 atom stereocenters. The summed E-state index contributed by atoms with van der Waals surface area (Å²) in [4.78, 5) is 15.7. The predicted octanol–water partition coefficient (Wildman–Crippen LogP) is 2.60. The highest BCUT2D eigenvalue weighted by molar-refractivity contribution is 6.31. The Labute approximate surface area is 128 Å². The van der Waals surface area contributed by atoms with E-state index in [1.807, 2.05) is 6.07 Å². The Morgan fingerprint density at radius 1 is 1.29 bits per heavy atom. The molecule has 1 aromatic carbocycles. The summed E-state index contributed by atoms with van der Waals surface area (Å²) in [6.45, 7) is 0.0924. The van der Waals surface area contributed by atoms with Crippen LogP contribution in [0.5, 0.6) is 0 Å². The first kappa shape index (κ1) is 15.2. The largest absolute Gasteiger partial charge is 0.387 e. The average Bonchev–Trinajstić information content (AvgIpc) is 2.52. The highest BCUT2D eigenvalue weighted by atomic mass is 35.5. The lowest BCUT2D eigenvalue weighted by Crippen LogP contribution is -2.26. The van der Waals surface area contributed by atoms with Crippen LogP contribution < -0.4 is 5.32 Å². The van der Waals surface area contributed by atoms with E-state index < -0.39 is 6.10 Å². The van der Waals surface area contributed by atoms with Crippen LogP contribution in [0.3, 0.4) is 0 Å². The fraction of sp³-hybridized carbons (Fsp3) is 0.125. The monoisotopic (exact) mass is 302 g/mol. The van der Waals surface area contributed by atoms with Crippen molar-refractivity contribution in [2.24, 2.45) is 0 Å². The van der Waals surface area contributed by atoms with Gasteiger partial charge in [0.2, 0.25) is 5.91 Å². The van der Waals surface area contributed by atoms with E-state index in [0.29, 0.717) is 16.3 Å². The second-order valence-corrected chi connectivity index (χ2v) is 4.78. The van der Waals surface area contributed by atoms with E-state index >= 15 is 0 Å². The van der Waals surface area contributed by atoms with E-state index in [-0.39, 0.29) is 12.5 Å². The number of nitrogens with one attached hydrogen (secondary N) is 1. The Bertz CT molecular complexity index is 629. The lowest BCUT2D eigenvalue weighted by molar-refractivity contribution is -0.116. The summed E-state index contributed by atoms with van der Waals surface area (Å²) < 4.78 is 0. The molecule has 108 valence electrons. The highest BCUT2D eigenvalue weighted by Gasteiger charge is 2.11. The van der Waals surface area contributed by atoms with Crippen molar-refractivity contribution in [1.29, 1.82) is 0 Å². The van der Waals surface area contributed by atoms with Gasteiger partial charge in [-0.1, -0.05) is 35.9 Å². The number of nitrogens with zero attached hydrogens (tertiary/aromatic N) is 1. The number of halogens is 1. The number of aliphatic hydroxyl groups is 1. The van der Waals surface area contributed by atoms with Crippen molar-refractivity contribution < 1.29 is 9.90 Å². The molecule has 1 unspecified atom stereocenters. The average molecular weight is 303 g/mol. The molecule has 0 saturated carbocycles. The van der Waals surface area contributed by atoms with Crippen LogP contribution in [0.2, 0.25) is 5.02 Å². The molecule has 0 aliphatic heterocycles. The molecule has 0 aliphatic rings. The molecule has 0 saturated heterocycles. The Morgan fingerprint density at radius 2 is 2.05 bits per heavy atom. The molecule has 21 heavy (non-hydrogen) atoms. The molecule has 4 nitrogen and oxygen atoms in total. The smallest absolute Gasteiger partial charge is 0.244 e. The van der Waals surface area contributed by atoms with Crippen LogP contribution >= 0.6 is 11.6 Å². The topological polar surface area (TPSA) is 62.2 Å². The fourth-order valence-electron chi connectivity index (χ4n) is 1.75. The standard InChI is InChI=1S/C16H15ClN2O2/c17-14-7-2-1-6-13(14)15(20)11-19-16(21)9-8-12-5-3-4-10-18-12/h1-10,15,20H,11H2,(H,19,21)/b9-8+. The third-order valence-electron chi connectivity index (χ3n) is 2.83. The number of amides is 1. The van der Waals surface area contributed by atoms with E-state index in [4.69, 9.17) is 11.6 Å². The van der Waals surface area contributed by atoms with Crippen LogP contribution in [0.4, 0.5) is 0 Å². The number of aromatic nitrogens is 1. The number of pyridine rings is 1. The quantitative estimate of drug-likeness (QED) is 0.835. The Hall–Kier alpha value is -2.17. The van der Waals surface area contributed by atoms with Gasteiger partial charge in [0.1, 0.15) is 0 Å². The van der Waals surface area contributed by atoms with Crippen molar-refractivity contribution in [3.63, 3.8) is 0 Å². The summed E-state index contributed by atoms with van der Waals surface area (Å²) in [6, 6.07) is 12.4. The molecule has 1 heterocycles. The van der Waals surface area contributed by atoms with Gasteiger partial charge in [-0.2, -0.15) is 0 Å². The summed E-state index contributed by atoms with van der Waals surface area (Å²) in [6.07, 6.45) is 3.79. The van der Waals surface area contributed by atoms with Crippen LogP contribution in [0, 0.1) is 0 Å². The third-order valence-corrected chi connectivity index (χ3v) is 3.17. The van der Waals surface area contributed by atoms with Gasteiger partial charge in [0.05, 0.1) is 11.8 Å². The maximum absolute atomic E-state index is 11.7. The molecule has 0 aliphatic carbocycles. The van der Waals surface area contributed by atoms with Gasteiger partial charge in [-0.25, -0.2) is 0 Å². The number of rotatable bonds is 5. The molecule has 2 aromatic rings. The summed E-state index contributed by atoms with van der Waals surface area (Å²) in [7, 11) is 0. The summed E-state index contributed by atoms with van der Waals surface area (Å²) in [5.74, 6) is -0.299. The zero-order chi connectivity index (χ0) is 15.1. The fourth-order valence-corrected chi connectivity index (χ4v) is 2.01. The third kappa shape index (κ3) is 4.70. The summed E-state index contributed by atoms with van der Waals surface area (Å²) in [5, 5.41) is 13.1. The molecule has 1 amide bonds. The molecule has 5 heteroatoms. The van der Waals surface area contributed by atoms with E-state index in [1.165, 1.54) is 6.08 Å². The number of hydrogen-bond donors (Lipinski definition) is 2. The van der Waals surface area contributed by atoms with Crippen LogP contribution in [-0.4, -0.2) is 22.5 Å². The molecule has 0 fully saturated rings. The molecule has 1 aromatic heterocycles. The minimum Gasteiger partial charge on any atom is -0.387 e. The second-order valence-electron chi connectivity index (χ2n) is 4.37. The Kier molecular flexibility index (Phi) is 5.49. The van der Waals surface area contributed by atoms with E-state index in [9.17, 15) is 9.90 Å². The molecular formula is C16H15ClN2O2. The lowest BCUT2D eigenvalue weighted by atomic mass is 10.1. The van der Waals surface area contributed by atoms with Crippen LogP contribution in [0.25, 0.3) is 6.08 Å². The van der Waals surface area contributed by atoms with Crippen molar-refractivity contribution in [2.75, 3.05) is 6.54 Å². The van der Waals surface area contributed by atoms with Crippen LogP contribution in [0.15, 0.2) is 54.7 Å². The first-order valence-electron chi connectivity index (χ1n) is 6.46. The van der Waals surface area contributed by atoms with Crippen LogP contribution in [0.1, 0.15) is 17.4 Å². The Morgan fingerprint density at radius 3 is 2.76 bits per heavy atom. The van der Waals surface area contributed by atoms with Crippen molar-refractivity contribution in [2.45, 2.75) is 6.10 Å². The molecule has 0 spiro atoms. The first-order chi connectivity index (χ1) is 10.2. The van der Waals surface area contributed by atoms with E-state index in [2.05, 4.69) is 10.3 Å². The molecule has 2 rings (SSSR count). The van der Waals surface area contributed by atoms with Gasteiger partial charge in [-0.3, -0.25) is 9.78 Å². The first-order valence-corrected chi connectivity index (χ1v) is 6.84. The minimum atomic E-state index is -0.842. The molecular weight excluding hydrogens is 288 g/mol. The van der Waals surface area contributed by atoms with Gasteiger partial charge >= 0.3 is 0 Å². The summed E-state index contributed by atoms with van der Waals surface area (Å²) >= 11 is 5.98. The van der Waals surface area contributed by atoms with Gasteiger partial charge in [-0.15, -0.1) is 0 Å². The number of carbonyl (C=O) groups is 1. The maximum Gasteiger partial charge on any atom is 0.244 e. The van der Waals surface area contributed by atoms with Gasteiger partial charge in [0.15, 0.2) is 0 Å². The van der Waals surface area contributed by atoms with Crippen molar-refractivity contribution in [1.82, 2.24) is 10.3 Å². The SMILES string of the molecule is O=C(/C=C/c1ccccn1)NCC(O)c1ccccc1Cl. The predicted molar refractivity (Wildman–Crippen MR) is 82.7 cm³/mol. The lowest BCUT2D eigenvalue weighted by Gasteiger charge is -2.12. The molecule has 0 bridgehead atoms. The normalized spacial score (nSPS) is 12.3. The van der Waals surface area contributed by atoms with E-state index in [1.54, 1.807) is 48.7 Å². The van der Waals surface area contributed by atoms with E-state index in [0.717, 1.165) is 0 Å². The summed E-state index contributed by atoms with van der Waals surface area (Å²) in [5.41, 5.74) is 1.28. The highest BCUT2D eigenvalue weighted by Crippen LogP contribution is 2.21.